The van der Waals surface area contributed by atoms with Crippen LogP contribution < -0.4 is 15.7 Å². The predicted molar refractivity (Wildman–Crippen MR) is 215 cm³/mol. The quantitative estimate of drug-likeness (QED) is 0.103. The van der Waals surface area contributed by atoms with Gasteiger partial charge in [-0.15, -0.1) is 4.68 Å². The molecule has 0 aliphatic carbocycles. The van der Waals surface area contributed by atoms with Crippen molar-refractivity contribution in [1.29, 1.82) is 0 Å². The molecule has 0 atom stereocenters. The van der Waals surface area contributed by atoms with Gasteiger partial charge in [0.15, 0.2) is 0 Å². The number of rotatable bonds is 5. The number of anilines is 3. The Morgan fingerprint density at radius 1 is 0.625 bits per heavy atom. The predicted octanol–water partition coefficient (Wildman–Crippen LogP) is 12.1. The second kappa shape index (κ2) is 17.9. The first-order chi connectivity index (χ1) is 22.8. The fourth-order valence-electron chi connectivity index (χ4n) is 4.72. The molecule has 6 aromatic carbocycles. The van der Waals surface area contributed by atoms with Crippen molar-refractivity contribution >= 4 is 98.0 Å². The standard InChI is InChI=1S/C19H13Br2N2.C12H12N2.C7H4Br2O.CH4/c20-15-10-16(21)12-18(11-15)22-13-14-6-4-5-9-19(14)23(22)17-7-2-1-3-8-17;13-11-8-4-5-9-12(11)14-10-6-2-1-3-7-10;8-6-1-5(4-10)2-7(9)3-6;/h1-13H;1-9,14H,13H2;1-4H;1H4/q+1;;;. The SMILES string of the molecule is Brc1cc(Br)cc(-n2cc3ccccc3[n+]2-c2ccccc2)c1.C.Nc1ccccc1Nc1ccccc1.O=Cc1cc(Br)cc(Br)c1. The van der Waals surface area contributed by atoms with Gasteiger partial charge in [0.2, 0.25) is 11.2 Å². The Balaban J connectivity index is 0.000000178. The van der Waals surface area contributed by atoms with Crippen LogP contribution in [0.15, 0.2) is 170 Å². The molecule has 1 heterocycles. The van der Waals surface area contributed by atoms with Crippen molar-refractivity contribution in [2.45, 2.75) is 7.43 Å². The monoisotopic (exact) mass is 889 g/mol. The molecule has 7 aromatic rings. The molecule has 0 fully saturated rings. The van der Waals surface area contributed by atoms with Crippen LogP contribution in [0.3, 0.4) is 0 Å². The van der Waals surface area contributed by atoms with Crippen LogP contribution >= 0.6 is 63.7 Å². The molecule has 0 aliphatic rings. The number of benzene rings is 6. The maximum atomic E-state index is 10.3. The van der Waals surface area contributed by atoms with Gasteiger partial charge in [0.05, 0.1) is 23.0 Å². The molecule has 0 amide bonds. The third-order valence-electron chi connectivity index (χ3n) is 6.79. The molecule has 1 aromatic heterocycles. The highest BCUT2D eigenvalue weighted by Gasteiger charge is 2.21. The lowest BCUT2D eigenvalue weighted by atomic mass is 10.2. The van der Waals surface area contributed by atoms with E-state index in [2.05, 4.69) is 145 Å². The minimum atomic E-state index is 0. The zero-order valence-electron chi connectivity index (χ0n) is 24.9. The Morgan fingerprint density at radius 3 is 1.75 bits per heavy atom. The van der Waals surface area contributed by atoms with E-state index in [1.165, 1.54) is 10.9 Å². The molecule has 0 aliphatic heterocycles. The van der Waals surface area contributed by atoms with Gasteiger partial charge < -0.3 is 11.1 Å². The Bertz CT molecular complexity index is 2060. The molecule has 0 bridgehead atoms. The number of para-hydroxylation sites is 5. The smallest absolute Gasteiger partial charge is 0.245 e. The highest BCUT2D eigenvalue weighted by molar-refractivity contribution is 9.11. The van der Waals surface area contributed by atoms with Crippen LogP contribution in [0.4, 0.5) is 17.1 Å². The van der Waals surface area contributed by atoms with Crippen molar-refractivity contribution in [1.82, 2.24) is 4.68 Å². The topological polar surface area (TPSA) is 63.9 Å². The highest BCUT2D eigenvalue weighted by Crippen LogP contribution is 2.25. The summed E-state index contributed by atoms with van der Waals surface area (Å²) in [4.78, 5) is 10.3. The molecule has 5 nitrogen and oxygen atoms in total. The molecular weight excluding hydrogens is 860 g/mol. The maximum absolute atomic E-state index is 10.3. The van der Waals surface area contributed by atoms with E-state index in [9.17, 15) is 4.79 Å². The van der Waals surface area contributed by atoms with Crippen LogP contribution in [-0.2, 0) is 0 Å². The van der Waals surface area contributed by atoms with Crippen molar-refractivity contribution in [3.8, 4) is 11.4 Å². The number of nitrogens with two attached hydrogens (primary N) is 1. The lowest BCUT2D eigenvalue weighted by molar-refractivity contribution is -0.649. The Labute approximate surface area is 314 Å². The summed E-state index contributed by atoms with van der Waals surface area (Å²) < 4.78 is 8.30. The summed E-state index contributed by atoms with van der Waals surface area (Å²) >= 11 is 13.7. The third kappa shape index (κ3) is 10.00. The van der Waals surface area contributed by atoms with E-state index in [-0.39, 0.29) is 7.43 Å². The molecule has 0 radical (unpaired) electrons. The number of hydrogen-bond donors (Lipinski definition) is 2. The summed E-state index contributed by atoms with van der Waals surface area (Å²) in [5.74, 6) is 0. The average molecular weight is 893 g/mol. The van der Waals surface area contributed by atoms with Crippen molar-refractivity contribution in [3.05, 3.63) is 175 Å². The van der Waals surface area contributed by atoms with Gasteiger partial charge in [0.1, 0.15) is 12.0 Å². The third-order valence-corrected chi connectivity index (χ3v) is 8.62. The van der Waals surface area contributed by atoms with E-state index in [1.807, 2.05) is 72.8 Å². The van der Waals surface area contributed by atoms with Crippen LogP contribution in [0.25, 0.3) is 22.3 Å². The van der Waals surface area contributed by atoms with E-state index in [0.29, 0.717) is 5.56 Å². The molecular formula is C39H33Br4N4O+. The molecule has 0 spiro atoms. The fraction of sp³-hybridized carbons (Fsp3) is 0.0256. The summed E-state index contributed by atoms with van der Waals surface area (Å²) in [6.07, 6.45) is 2.98. The lowest BCUT2D eigenvalue weighted by Gasteiger charge is -2.08. The van der Waals surface area contributed by atoms with Gasteiger partial charge in [-0.2, -0.15) is 0 Å². The van der Waals surface area contributed by atoms with Gasteiger partial charge in [-0.05, 0) is 66.7 Å². The lowest BCUT2D eigenvalue weighted by Crippen LogP contribution is -2.39. The molecule has 9 heteroatoms. The molecule has 7 rings (SSSR count). The van der Waals surface area contributed by atoms with Gasteiger partial charge in [0.25, 0.3) is 0 Å². The first-order valence-electron chi connectivity index (χ1n) is 14.4. The first kappa shape index (κ1) is 36.8. The summed E-state index contributed by atoms with van der Waals surface area (Å²) in [5.41, 5.74) is 12.6. The van der Waals surface area contributed by atoms with Crippen LogP contribution in [-0.4, -0.2) is 11.0 Å². The Hall–Kier alpha value is -4.02. The number of nitrogens with zero attached hydrogens (tertiary/aromatic N) is 2. The van der Waals surface area contributed by atoms with Gasteiger partial charge in [-0.25, -0.2) is 0 Å². The van der Waals surface area contributed by atoms with Crippen molar-refractivity contribution in [3.63, 3.8) is 0 Å². The zero-order chi connectivity index (χ0) is 33.2. The van der Waals surface area contributed by atoms with Crippen molar-refractivity contribution in [2.75, 3.05) is 11.1 Å². The van der Waals surface area contributed by atoms with Gasteiger partial charge >= 0.3 is 0 Å². The van der Waals surface area contributed by atoms with Crippen molar-refractivity contribution in [2.24, 2.45) is 0 Å². The number of fused-ring (bicyclic) bond motifs is 1. The maximum Gasteiger partial charge on any atom is 0.245 e. The summed E-state index contributed by atoms with van der Waals surface area (Å²) in [6.45, 7) is 0. The number of hydrogen-bond acceptors (Lipinski definition) is 3. The average Bonchev–Trinajstić information content (AvgIpc) is 3.46. The minimum absolute atomic E-state index is 0. The van der Waals surface area contributed by atoms with E-state index < -0.39 is 0 Å². The van der Waals surface area contributed by atoms with E-state index in [0.717, 1.165) is 52.6 Å². The number of carbonyl (C=O) groups is 1. The normalized spacial score (nSPS) is 10.1. The van der Waals surface area contributed by atoms with Gasteiger partial charge in [-0.1, -0.05) is 136 Å². The zero-order valence-corrected chi connectivity index (χ0v) is 31.2. The minimum Gasteiger partial charge on any atom is -0.397 e. The largest absolute Gasteiger partial charge is 0.397 e. The van der Waals surface area contributed by atoms with E-state index in [4.69, 9.17) is 5.73 Å². The summed E-state index contributed by atoms with van der Waals surface area (Å²) in [5, 5.41) is 4.45. The van der Waals surface area contributed by atoms with E-state index in [1.54, 1.807) is 12.1 Å². The number of nitrogen functional groups attached to an aromatic ring is 1. The van der Waals surface area contributed by atoms with Gasteiger partial charge in [0, 0.05) is 47.3 Å². The molecule has 0 unspecified atom stereocenters. The molecule has 0 saturated carbocycles. The second-order valence-electron chi connectivity index (χ2n) is 10.2. The van der Waals surface area contributed by atoms with Gasteiger partial charge in [-0.3, -0.25) is 4.79 Å². The Morgan fingerprint density at radius 2 is 1.15 bits per heavy atom. The van der Waals surface area contributed by atoms with Crippen LogP contribution in [0.5, 0.6) is 0 Å². The van der Waals surface area contributed by atoms with Crippen LogP contribution in [0.1, 0.15) is 17.8 Å². The highest BCUT2D eigenvalue weighted by atomic mass is 79.9. The molecule has 0 saturated heterocycles. The molecule has 48 heavy (non-hydrogen) atoms. The number of carbonyl (C=O) groups excluding carboxylic acids is 1. The summed E-state index contributed by atoms with van der Waals surface area (Å²) in [7, 11) is 0. The van der Waals surface area contributed by atoms with Crippen LogP contribution in [0.2, 0.25) is 0 Å². The number of aldehydes is 1. The fourth-order valence-corrected chi connectivity index (χ4v) is 7.32. The number of aromatic nitrogens is 2. The molecule has 242 valence electrons. The second-order valence-corrected chi connectivity index (χ2v) is 13.9. The molecule has 3 N–H and O–H groups in total. The van der Waals surface area contributed by atoms with E-state index >= 15 is 0 Å². The van der Waals surface area contributed by atoms with Crippen LogP contribution in [0, 0.1) is 0 Å². The summed E-state index contributed by atoms with van der Waals surface area (Å²) in [6, 6.07) is 48.2. The number of halogens is 4. The first-order valence-corrected chi connectivity index (χ1v) is 17.6. The van der Waals surface area contributed by atoms with Crippen molar-refractivity contribution < 1.29 is 9.48 Å². The number of nitrogens with one attached hydrogen (secondary N) is 1. The Kier molecular flexibility index (Phi) is 13.8.